The van der Waals surface area contributed by atoms with Crippen LogP contribution in [0.2, 0.25) is 0 Å². The fourth-order valence-electron chi connectivity index (χ4n) is 3.28. The van der Waals surface area contributed by atoms with Crippen LogP contribution in [0.15, 0.2) is 30.3 Å². The van der Waals surface area contributed by atoms with E-state index >= 15 is 0 Å². The first-order valence-electron chi connectivity index (χ1n) is 7.60. The predicted molar refractivity (Wildman–Crippen MR) is 80.7 cm³/mol. The Morgan fingerprint density at radius 3 is 2.37 bits per heavy atom. The van der Waals surface area contributed by atoms with E-state index in [-0.39, 0.29) is 0 Å². The first-order chi connectivity index (χ1) is 9.33. The standard InChI is InChI=1S/C16H25N3/c1-14-7-8-16(13-17-14)19-11-9-18(10-12-19)15-5-3-2-4-6-15/h2-6,14,16-17H,7-13H2,1H3. The van der Waals surface area contributed by atoms with Crippen molar-refractivity contribution in [1.29, 1.82) is 0 Å². The van der Waals surface area contributed by atoms with Crippen molar-refractivity contribution in [3.8, 4) is 0 Å². The van der Waals surface area contributed by atoms with Gasteiger partial charge in [-0.15, -0.1) is 0 Å². The third kappa shape index (κ3) is 3.10. The molecule has 3 heteroatoms. The van der Waals surface area contributed by atoms with Gasteiger partial charge in [-0.1, -0.05) is 18.2 Å². The average molecular weight is 259 g/mol. The molecule has 1 N–H and O–H groups in total. The SMILES string of the molecule is CC1CCC(N2CCN(c3ccccc3)CC2)CN1. The van der Waals surface area contributed by atoms with Crippen LogP contribution in [0.1, 0.15) is 19.8 Å². The van der Waals surface area contributed by atoms with Crippen molar-refractivity contribution in [2.45, 2.75) is 31.8 Å². The van der Waals surface area contributed by atoms with Gasteiger partial charge in [0.2, 0.25) is 0 Å². The molecule has 0 aliphatic carbocycles. The van der Waals surface area contributed by atoms with E-state index in [4.69, 9.17) is 0 Å². The molecule has 2 fully saturated rings. The predicted octanol–water partition coefficient (Wildman–Crippen LogP) is 1.95. The summed E-state index contributed by atoms with van der Waals surface area (Å²) in [6.07, 6.45) is 2.68. The minimum Gasteiger partial charge on any atom is -0.369 e. The molecule has 1 aromatic carbocycles. The van der Waals surface area contributed by atoms with Crippen LogP contribution in [-0.2, 0) is 0 Å². The highest BCUT2D eigenvalue weighted by molar-refractivity contribution is 5.46. The molecule has 0 aromatic heterocycles. The lowest BCUT2D eigenvalue weighted by molar-refractivity contribution is 0.146. The van der Waals surface area contributed by atoms with E-state index in [2.05, 4.69) is 52.4 Å². The van der Waals surface area contributed by atoms with Crippen molar-refractivity contribution in [2.24, 2.45) is 0 Å². The van der Waals surface area contributed by atoms with E-state index in [0.29, 0.717) is 6.04 Å². The summed E-state index contributed by atoms with van der Waals surface area (Å²) in [5, 5.41) is 3.62. The van der Waals surface area contributed by atoms with Crippen LogP contribution in [0.4, 0.5) is 5.69 Å². The number of anilines is 1. The van der Waals surface area contributed by atoms with E-state index < -0.39 is 0 Å². The molecular formula is C16H25N3. The summed E-state index contributed by atoms with van der Waals surface area (Å²) < 4.78 is 0. The van der Waals surface area contributed by atoms with E-state index in [0.717, 1.165) is 19.1 Å². The molecule has 3 rings (SSSR count). The molecule has 0 amide bonds. The number of piperidine rings is 1. The molecule has 0 radical (unpaired) electrons. The number of hydrogen-bond donors (Lipinski definition) is 1. The first kappa shape index (κ1) is 12.9. The molecule has 19 heavy (non-hydrogen) atoms. The van der Waals surface area contributed by atoms with Gasteiger partial charge in [0.05, 0.1) is 0 Å². The summed E-state index contributed by atoms with van der Waals surface area (Å²) in [6.45, 7) is 8.20. The molecule has 0 saturated carbocycles. The third-order valence-corrected chi connectivity index (χ3v) is 4.59. The monoisotopic (exact) mass is 259 g/mol. The largest absolute Gasteiger partial charge is 0.369 e. The Bertz CT molecular complexity index is 376. The number of nitrogens with one attached hydrogen (secondary N) is 1. The summed E-state index contributed by atoms with van der Waals surface area (Å²) in [4.78, 5) is 5.19. The maximum Gasteiger partial charge on any atom is 0.0367 e. The van der Waals surface area contributed by atoms with Crippen LogP contribution in [-0.4, -0.2) is 49.7 Å². The summed E-state index contributed by atoms with van der Waals surface area (Å²) >= 11 is 0. The molecule has 2 heterocycles. The van der Waals surface area contributed by atoms with Crippen LogP contribution in [0.25, 0.3) is 0 Å². The minimum absolute atomic E-state index is 0.710. The zero-order valence-corrected chi connectivity index (χ0v) is 11.9. The Kier molecular flexibility index (Phi) is 4.04. The zero-order valence-electron chi connectivity index (χ0n) is 11.9. The second-order valence-corrected chi connectivity index (χ2v) is 5.90. The Morgan fingerprint density at radius 2 is 1.74 bits per heavy atom. The van der Waals surface area contributed by atoms with Crippen molar-refractivity contribution < 1.29 is 0 Å². The minimum atomic E-state index is 0.710. The van der Waals surface area contributed by atoms with Crippen LogP contribution in [0.3, 0.4) is 0 Å². The van der Waals surface area contributed by atoms with Crippen LogP contribution in [0, 0.1) is 0 Å². The van der Waals surface area contributed by atoms with Gasteiger partial charge in [-0.25, -0.2) is 0 Å². The van der Waals surface area contributed by atoms with Crippen molar-refractivity contribution in [1.82, 2.24) is 10.2 Å². The smallest absolute Gasteiger partial charge is 0.0367 e. The first-order valence-corrected chi connectivity index (χ1v) is 7.60. The van der Waals surface area contributed by atoms with Gasteiger partial charge in [0.1, 0.15) is 0 Å². The van der Waals surface area contributed by atoms with Crippen molar-refractivity contribution in [2.75, 3.05) is 37.6 Å². The fourth-order valence-corrected chi connectivity index (χ4v) is 3.28. The van der Waals surface area contributed by atoms with Crippen molar-refractivity contribution in [3.63, 3.8) is 0 Å². The maximum atomic E-state index is 3.62. The highest BCUT2D eigenvalue weighted by Gasteiger charge is 2.26. The lowest BCUT2D eigenvalue weighted by Crippen LogP contribution is -2.55. The molecule has 0 bridgehead atoms. The van der Waals surface area contributed by atoms with Gasteiger partial charge >= 0.3 is 0 Å². The van der Waals surface area contributed by atoms with Crippen LogP contribution < -0.4 is 10.2 Å². The average Bonchev–Trinajstić information content (AvgIpc) is 2.49. The highest BCUT2D eigenvalue weighted by atomic mass is 15.3. The van der Waals surface area contributed by atoms with Gasteiger partial charge in [0.15, 0.2) is 0 Å². The molecule has 2 aliphatic heterocycles. The number of nitrogens with zero attached hydrogens (tertiary/aromatic N) is 2. The molecule has 2 atom stereocenters. The molecule has 104 valence electrons. The topological polar surface area (TPSA) is 18.5 Å². The number of rotatable bonds is 2. The van der Waals surface area contributed by atoms with E-state index in [9.17, 15) is 0 Å². The second kappa shape index (κ2) is 5.93. The van der Waals surface area contributed by atoms with Gasteiger partial charge in [0.25, 0.3) is 0 Å². The van der Waals surface area contributed by atoms with E-state index in [1.165, 1.54) is 38.2 Å². The van der Waals surface area contributed by atoms with Crippen LogP contribution in [0.5, 0.6) is 0 Å². The van der Waals surface area contributed by atoms with E-state index in [1.54, 1.807) is 0 Å². The Hall–Kier alpha value is -1.06. The maximum absolute atomic E-state index is 3.62. The van der Waals surface area contributed by atoms with Crippen molar-refractivity contribution in [3.05, 3.63) is 30.3 Å². The van der Waals surface area contributed by atoms with Gasteiger partial charge in [-0.05, 0) is 31.9 Å². The summed E-state index contributed by atoms with van der Waals surface area (Å²) in [5.41, 5.74) is 1.37. The number of benzene rings is 1. The van der Waals surface area contributed by atoms with Gasteiger partial charge in [0, 0.05) is 50.5 Å². The molecule has 1 aromatic rings. The lowest BCUT2D eigenvalue weighted by Gasteiger charge is -2.42. The zero-order chi connectivity index (χ0) is 13.1. The number of para-hydroxylation sites is 1. The molecule has 2 unspecified atom stereocenters. The number of piperazine rings is 1. The Labute approximate surface area is 116 Å². The summed E-state index contributed by atoms with van der Waals surface area (Å²) in [5.74, 6) is 0. The summed E-state index contributed by atoms with van der Waals surface area (Å²) in [7, 11) is 0. The van der Waals surface area contributed by atoms with Gasteiger partial charge < -0.3 is 10.2 Å². The molecule has 2 saturated heterocycles. The quantitative estimate of drug-likeness (QED) is 0.876. The second-order valence-electron chi connectivity index (χ2n) is 5.90. The highest BCUT2D eigenvalue weighted by Crippen LogP contribution is 2.19. The third-order valence-electron chi connectivity index (χ3n) is 4.59. The normalized spacial score (nSPS) is 29.4. The lowest BCUT2D eigenvalue weighted by atomic mass is 10.00. The fraction of sp³-hybridized carbons (Fsp3) is 0.625. The molecular weight excluding hydrogens is 234 g/mol. The Morgan fingerprint density at radius 1 is 1.00 bits per heavy atom. The van der Waals surface area contributed by atoms with Gasteiger partial charge in [-0.3, -0.25) is 4.90 Å². The Balaban J connectivity index is 1.52. The van der Waals surface area contributed by atoms with Crippen LogP contribution >= 0.6 is 0 Å². The summed E-state index contributed by atoms with van der Waals surface area (Å²) in [6, 6.07) is 12.3. The van der Waals surface area contributed by atoms with Gasteiger partial charge in [-0.2, -0.15) is 0 Å². The number of hydrogen-bond acceptors (Lipinski definition) is 3. The van der Waals surface area contributed by atoms with E-state index in [1.807, 2.05) is 0 Å². The molecule has 2 aliphatic rings. The molecule has 3 nitrogen and oxygen atoms in total. The molecule has 0 spiro atoms. The van der Waals surface area contributed by atoms with Crippen molar-refractivity contribution >= 4 is 5.69 Å².